The number of phenols is 1. The van der Waals surface area contributed by atoms with Crippen molar-refractivity contribution in [3.8, 4) is 5.75 Å². The van der Waals surface area contributed by atoms with Crippen molar-refractivity contribution in [3.05, 3.63) is 29.8 Å². The Kier molecular flexibility index (Phi) is 6.28. The third-order valence-corrected chi connectivity index (χ3v) is 2.01. The van der Waals surface area contributed by atoms with E-state index in [2.05, 4.69) is 0 Å². The Hall–Kier alpha value is -0.770. The summed E-state index contributed by atoms with van der Waals surface area (Å²) >= 11 is 0. The number of nitrogens with two attached hydrogens (primary N) is 1. The summed E-state index contributed by atoms with van der Waals surface area (Å²) in [4.78, 5) is 0. The predicted molar refractivity (Wildman–Crippen MR) is 58.6 cm³/mol. The number of aliphatic hydroxyl groups is 1. The number of aliphatic hydroxyl groups excluding tert-OH is 1. The maximum atomic E-state index is 9.44. The summed E-state index contributed by atoms with van der Waals surface area (Å²) in [5.41, 5.74) is 6.56. The minimum absolute atomic E-state index is 0. The van der Waals surface area contributed by atoms with E-state index in [1.165, 1.54) is 0 Å². The van der Waals surface area contributed by atoms with Crippen LogP contribution in [0.5, 0.6) is 5.75 Å². The Morgan fingerprint density at radius 2 is 1.93 bits per heavy atom. The lowest BCUT2D eigenvalue weighted by Crippen LogP contribution is -2.10. The number of phenolic OH excluding ortho intramolecular Hbond substituents is 1. The monoisotopic (exact) mass is 217 g/mol. The average Bonchev–Trinajstić information content (AvgIpc) is 2.15. The number of para-hydroxylation sites is 1. The Morgan fingerprint density at radius 3 is 2.50 bits per heavy atom. The van der Waals surface area contributed by atoms with Gasteiger partial charge in [-0.2, -0.15) is 0 Å². The van der Waals surface area contributed by atoms with E-state index >= 15 is 0 Å². The van der Waals surface area contributed by atoms with Gasteiger partial charge in [-0.15, -0.1) is 12.4 Å². The van der Waals surface area contributed by atoms with Crippen LogP contribution < -0.4 is 5.73 Å². The van der Waals surface area contributed by atoms with E-state index in [1.54, 1.807) is 18.2 Å². The molecule has 0 fully saturated rings. The van der Waals surface area contributed by atoms with E-state index in [0.717, 1.165) is 5.56 Å². The van der Waals surface area contributed by atoms with Gasteiger partial charge in [0.05, 0.1) is 0 Å². The number of benzene rings is 1. The van der Waals surface area contributed by atoms with Gasteiger partial charge in [-0.1, -0.05) is 18.2 Å². The molecule has 0 unspecified atom stereocenters. The highest BCUT2D eigenvalue weighted by Crippen LogP contribution is 2.24. The molecule has 0 aliphatic rings. The van der Waals surface area contributed by atoms with Crippen LogP contribution in [-0.2, 0) is 0 Å². The van der Waals surface area contributed by atoms with Gasteiger partial charge in [0.2, 0.25) is 0 Å². The second kappa shape index (κ2) is 6.65. The normalized spacial score (nSPS) is 11.9. The predicted octanol–water partition coefficient (Wildman–Crippen LogP) is 1.59. The molecule has 1 rings (SSSR count). The highest BCUT2D eigenvalue weighted by Gasteiger charge is 2.08. The lowest BCUT2D eigenvalue weighted by molar-refractivity contribution is 0.279. The van der Waals surface area contributed by atoms with Crippen molar-refractivity contribution in [2.45, 2.75) is 18.9 Å². The molecular weight excluding hydrogens is 202 g/mol. The molecule has 0 aliphatic carbocycles. The van der Waals surface area contributed by atoms with Gasteiger partial charge in [-0.25, -0.2) is 0 Å². The number of rotatable bonds is 4. The zero-order valence-corrected chi connectivity index (χ0v) is 8.70. The van der Waals surface area contributed by atoms with E-state index < -0.39 is 0 Å². The van der Waals surface area contributed by atoms with Crippen LogP contribution in [0.25, 0.3) is 0 Å². The third kappa shape index (κ3) is 3.54. The average molecular weight is 218 g/mol. The molecule has 0 heterocycles. The fraction of sp³-hybridized carbons (Fsp3) is 0.400. The molecule has 0 saturated carbocycles. The molecular formula is C10H16ClNO2. The van der Waals surface area contributed by atoms with E-state index in [1.807, 2.05) is 6.07 Å². The number of aromatic hydroxyl groups is 1. The van der Waals surface area contributed by atoms with Gasteiger partial charge >= 0.3 is 0 Å². The van der Waals surface area contributed by atoms with Gasteiger partial charge in [-0.05, 0) is 18.9 Å². The molecule has 1 atom stereocenters. The van der Waals surface area contributed by atoms with Crippen LogP contribution >= 0.6 is 12.4 Å². The van der Waals surface area contributed by atoms with Crippen LogP contribution in [0, 0.1) is 0 Å². The molecule has 80 valence electrons. The van der Waals surface area contributed by atoms with Crippen molar-refractivity contribution in [1.29, 1.82) is 0 Å². The molecule has 0 bridgehead atoms. The van der Waals surface area contributed by atoms with E-state index in [9.17, 15) is 5.11 Å². The SMILES string of the molecule is Cl.N[C@@H](CCCO)c1ccccc1O. The molecule has 0 saturated heterocycles. The van der Waals surface area contributed by atoms with E-state index in [0.29, 0.717) is 12.8 Å². The maximum Gasteiger partial charge on any atom is 0.120 e. The van der Waals surface area contributed by atoms with Gasteiger partial charge < -0.3 is 15.9 Å². The summed E-state index contributed by atoms with van der Waals surface area (Å²) in [6.45, 7) is 0.140. The third-order valence-electron chi connectivity index (χ3n) is 2.01. The molecule has 1 aromatic rings. The molecule has 0 spiro atoms. The van der Waals surface area contributed by atoms with E-state index in [4.69, 9.17) is 10.8 Å². The summed E-state index contributed by atoms with van der Waals surface area (Å²) in [5, 5.41) is 18.1. The quantitative estimate of drug-likeness (QED) is 0.718. The Labute approximate surface area is 90.0 Å². The van der Waals surface area contributed by atoms with Crippen LogP contribution in [0.2, 0.25) is 0 Å². The Balaban J connectivity index is 0.00000169. The summed E-state index contributed by atoms with van der Waals surface area (Å²) in [6, 6.07) is 6.84. The fourth-order valence-corrected chi connectivity index (χ4v) is 1.27. The van der Waals surface area contributed by atoms with Gasteiger partial charge in [0, 0.05) is 18.2 Å². The first-order chi connectivity index (χ1) is 6.25. The number of hydrogen-bond acceptors (Lipinski definition) is 3. The van der Waals surface area contributed by atoms with Crippen molar-refractivity contribution in [1.82, 2.24) is 0 Å². The minimum atomic E-state index is -0.187. The van der Waals surface area contributed by atoms with Crippen LogP contribution in [-0.4, -0.2) is 16.8 Å². The van der Waals surface area contributed by atoms with Gasteiger partial charge in [0.25, 0.3) is 0 Å². The number of hydrogen-bond donors (Lipinski definition) is 3. The molecule has 14 heavy (non-hydrogen) atoms. The molecule has 0 aromatic heterocycles. The first-order valence-corrected chi connectivity index (χ1v) is 4.40. The topological polar surface area (TPSA) is 66.5 Å². The van der Waals surface area contributed by atoms with Crippen LogP contribution in [0.15, 0.2) is 24.3 Å². The van der Waals surface area contributed by atoms with Gasteiger partial charge in [-0.3, -0.25) is 0 Å². The van der Waals surface area contributed by atoms with Crippen molar-refractivity contribution >= 4 is 12.4 Å². The Morgan fingerprint density at radius 1 is 1.29 bits per heavy atom. The number of halogens is 1. The lowest BCUT2D eigenvalue weighted by atomic mass is 10.0. The maximum absolute atomic E-state index is 9.44. The second-order valence-corrected chi connectivity index (χ2v) is 3.03. The van der Waals surface area contributed by atoms with Crippen LogP contribution in [0.3, 0.4) is 0 Å². The summed E-state index contributed by atoms with van der Waals surface area (Å²) in [5.74, 6) is 0.230. The minimum Gasteiger partial charge on any atom is -0.508 e. The summed E-state index contributed by atoms with van der Waals surface area (Å²) < 4.78 is 0. The van der Waals surface area contributed by atoms with Crippen molar-refractivity contribution in [2.24, 2.45) is 5.73 Å². The van der Waals surface area contributed by atoms with Gasteiger partial charge in [0.15, 0.2) is 0 Å². The lowest BCUT2D eigenvalue weighted by Gasteiger charge is -2.12. The largest absolute Gasteiger partial charge is 0.508 e. The first kappa shape index (κ1) is 13.2. The zero-order valence-electron chi connectivity index (χ0n) is 7.89. The Bertz CT molecular complexity index is 268. The molecule has 0 amide bonds. The smallest absolute Gasteiger partial charge is 0.120 e. The summed E-state index contributed by atoms with van der Waals surface area (Å²) in [7, 11) is 0. The van der Waals surface area contributed by atoms with Crippen LogP contribution in [0.4, 0.5) is 0 Å². The molecule has 4 N–H and O–H groups in total. The second-order valence-electron chi connectivity index (χ2n) is 3.03. The van der Waals surface area contributed by atoms with E-state index in [-0.39, 0.29) is 30.8 Å². The van der Waals surface area contributed by atoms with Crippen molar-refractivity contribution in [3.63, 3.8) is 0 Å². The summed E-state index contributed by atoms with van der Waals surface area (Å²) in [6.07, 6.45) is 1.35. The highest BCUT2D eigenvalue weighted by molar-refractivity contribution is 5.85. The van der Waals surface area contributed by atoms with Gasteiger partial charge in [0.1, 0.15) is 5.75 Å². The molecule has 1 aromatic carbocycles. The fourth-order valence-electron chi connectivity index (χ4n) is 1.27. The van der Waals surface area contributed by atoms with Crippen molar-refractivity contribution in [2.75, 3.05) is 6.61 Å². The molecule has 0 aliphatic heterocycles. The highest BCUT2D eigenvalue weighted by atomic mass is 35.5. The molecule has 3 nitrogen and oxygen atoms in total. The van der Waals surface area contributed by atoms with Crippen LogP contribution in [0.1, 0.15) is 24.4 Å². The molecule has 4 heteroatoms. The standard InChI is InChI=1S/C10H15NO2.ClH/c11-9(5-3-7-12)8-4-1-2-6-10(8)13;/h1-2,4,6,9,12-13H,3,5,7,11H2;1H/t9-;/m0./s1. The zero-order chi connectivity index (χ0) is 9.68. The van der Waals surface area contributed by atoms with Crippen molar-refractivity contribution < 1.29 is 10.2 Å². The molecule has 0 radical (unpaired) electrons. The first-order valence-electron chi connectivity index (χ1n) is 4.40.